The van der Waals surface area contributed by atoms with Gasteiger partial charge in [-0.3, -0.25) is 5.41 Å². The number of hydrogen-bond donors (Lipinski definition) is 3. The molecule has 7 nitrogen and oxygen atoms in total. The predicted octanol–water partition coefficient (Wildman–Crippen LogP) is 5.31. The van der Waals surface area contributed by atoms with Gasteiger partial charge in [0, 0.05) is 12.1 Å². The van der Waals surface area contributed by atoms with E-state index < -0.39 is 23.9 Å². The number of likely N-dealkylation sites (tertiary alicyclic amines) is 1. The predicted molar refractivity (Wildman–Crippen MR) is 136 cm³/mol. The van der Waals surface area contributed by atoms with Crippen molar-refractivity contribution in [3.05, 3.63) is 70.6 Å². The zero-order valence-electron chi connectivity index (χ0n) is 20.5. The Balaban J connectivity index is 0.00000380. The Bertz CT molecular complexity index is 1200. The molecule has 1 aromatic heterocycles. The lowest BCUT2D eigenvalue weighted by Crippen LogP contribution is -2.37. The number of aliphatic hydroxyl groups is 1. The number of unbranched alkanes of at least 4 members (excludes halogenated alkanes) is 1. The lowest BCUT2D eigenvalue weighted by molar-refractivity contribution is -0.138. The zero-order chi connectivity index (χ0) is 25.9. The molecule has 1 aliphatic rings. The second kappa shape index (κ2) is 12.0. The number of aryl methyl sites for hydroxylation is 3. The van der Waals surface area contributed by atoms with Crippen molar-refractivity contribution in [1.29, 1.82) is 5.41 Å². The number of nitrogens with one attached hydrogen (secondary N) is 1. The monoisotopic (exact) mass is 537 g/mol. The van der Waals surface area contributed by atoms with Crippen LogP contribution in [0.5, 0.6) is 0 Å². The van der Waals surface area contributed by atoms with Crippen molar-refractivity contribution >= 4 is 18.4 Å². The number of halogens is 4. The highest BCUT2D eigenvalue weighted by Gasteiger charge is 2.39. The van der Waals surface area contributed by atoms with E-state index in [4.69, 9.17) is 15.7 Å². The average molecular weight is 538 g/mol. The van der Waals surface area contributed by atoms with Crippen LogP contribution < -0.4 is 5.73 Å². The molecule has 0 unspecified atom stereocenters. The molecule has 0 saturated carbocycles. The molecule has 200 valence electrons. The van der Waals surface area contributed by atoms with E-state index in [1.807, 2.05) is 24.3 Å². The van der Waals surface area contributed by atoms with E-state index in [0.29, 0.717) is 19.4 Å². The molecule has 0 aliphatic carbocycles. The van der Waals surface area contributed by atoms with Crippen molar-refractivity contribution in [3.8, 4) is 11.4 Å². The maximum Gasteiger partial charge on any atom is 0.416 e. The van der Waals surface area contributed by atoms with Gasteiger partial charge in [0.1, 0.15) is 6.04 Å². The lowest BCUT2D eigenvalue weighted by atomic mass is 9.96. The Labute approximate surface area is 219 Å². The first-order valence-electron chi connectivity index (χ1n) is 12.1. The van der Waals surface area contributed by atoms with Gasteiger partial charge < -0.3 is 20.3 Å². The van der Waals surface area contributed by atoms with Crippen LogP contribution in [-0.2, 0) is 25.4 Å². The van der Waals surface area contributed by atoms with E-state index >= 15 is 0 Å². The lowest BCUT2D eigenvalue weighted by Gasteiger charge is -2.22. The molecule has 11 heteroatoms. The fourth-order valence-corrected chi connectivity index (χ4v) is 4.55. The second-order valence-corrected chi connectivity index (χ2v) is 9.13. The summed E-state index contributed by atoms with van der Waals surface area (Å²) in [5.41, 5.74) is 7.40. The van der Waals surface area contributed by atoms with Gasteiger partial charge in [0.25, 0.3) is 5.89 Å². The highest BCUT2D eigenvalue weighted by molar-refractivity contribution is 5.85. The Morgan fingerprint density at radius 1 is 1.14 bits per heavy atom. The highest BCUT2D eigenvalue weighted by atomic mass is 35.5. The van der Waals surface area contributed by atoms with Gasteiger partial charge in [-0.2, -0.15) is 18.2 Å². The van der Waals surface area contributed by atoms with E-state index in [-0.39, 0.29) is 47.6 Å². The van der Waals surface area contributed by atoms with Crippen molar-refractivity contribution in [2.45, 2.75) is 63.8 Å². The maximum atomic E-state index is 13.9. The number of rotatable bonds is 8. The van der Waals surface area contributed by atoms with Gasteiger partial charge in [0.2, 0.25) is 5.82 Å². The molecule has 0 bridgehead atoms. The molecule has 0 radical (unpaired) electrons. The summed E-state index contributed by atoms with van der Waals surface area (Å²) in [6.07, 6.45) is -1.12. The summed E-state index contributed by atoms with van der Waals surface area (Å²) < 4.78 is 47.1. The summed E-state index contributed by atoms with van der Waals surface area (Å²) in [6.45, 7) is 2.48. The first-order chi connectivity index (χ1) is 17.2. The van der Waals surface area contributed by atoms with E-state index in [1.165, 1.54) is 16.5 Å². The summed E-state index contributed by atoms with van der Waals surface area (Å²) in [7, 11) is 0. The Morgan fingerprint density at radius 2 is 1.81 bits per heavy atom. The first kappa shape index (κ1) is 28.5. The fourth-order valence-electron chi connectivity index (χ4n) is 4.55. The van der Waals surface area contributed by atoms with Gasteiger partial charge in [-0.15, -0.1) is 12.4 Å². The van der Waals surface area contributed by atoms with Crippen molar-refractivity contribution in [2.75, 3.05) is 6.54 Å². The molecule has 37 heavy (non-hydrogen) atoms. The van der Waals surface area contributed by atoms with Crippen LogP contribution in [-0.4, -0.2) is 38.8 Å². The van der Waals surface area contributed by atoms with Crippen molar-refractivity contribution in [1.82, 2.24) is 15.0 Å². The SMILES string of the molecule is CCCCc1ccc(CCc2ccc(-c3noc([C@@H]4[C@@H](O)CCN4C(=N)N)n3)cc2C(F)(F)F)cc1.Cl. The quantitative estimate of drug-likeness (QED) is 0.265. The number of nitrogens with two attached hydrogens (primary N) is 1. The summed E-state index contributed by atoms with van der Waals surface area (Å²) >= 11 is 0. The second-order valence-electron chi connectivity index (χ2n) is 9.13. The maximum absolute atomic E-state index is 13.9. The van der Waals surface area contributed by atoms with Crippen molar-refractivity contribution in [2.24, 2.45) is 5.73 Å². The Kier molecular flexibility index (Phi) is 9.20. The van der Waals surface area contributed by atoms with Gasteiger partial charge in [-0.1, -0.05) is 54.9 Å². The highest BCUT2D eigenvalue weighted by Crippen LogP contribution is 2.36. The molecule has 1 fully saturated rings. The molecule has 1 saturated heterocycles. The molecule has 1 aliphatic heterocycles. The molecule has 4 rings (SSSR count). The minimum Gasteiger partial charge on any atom is -0.390 e. The van der Waals surface area contributed by atoms with Crippen LogP contribution in [0, 0.1) is 5.41 Å². The van der Waals surface area contributed by atoms with E-state index in [1.54, 1.807) is 6.07 Å². The normalized spacial score (nSPS) is 17.6. The van der Waals surface area contributed by atoms with E-state index in [2.05, 4.69) is 17.1 Å². The number of aliphatic hydroxyl groups excluding tert-OH is 1. The van der Waals surface area contributed by atoms with Gasteiger partial charge in [0.15, 0.2) is 5.96 Å². The summed E-state index contributed by atoms with van der Waals surface area (Å²) in [5, 5.41) is 21.8. The van der Waals surface area contributed by atoms with Crippen LogP contribution in [0.1, 0.15) is 60.4 Å². The molecule has 3 aromatic rings. The number of nitrogens with zero attached hydrogens (tertiary/aromatic N) is 3. The van der Waals surface area contributed by atoms with Gasteiger partial charge in [0.05, 0.1) is 11.7 Å². The largest absolute Gasteiger partial charge is 0.416 e. The number of benzene rings is 2. The van der Waals surface area contributed by atoms with Gasteiger partial charge >= 0.3 is 6.18 Å². The average Bonchev–Trinajstić information content (AvgIpc) is 3.48. The molecule has 0 spiro atoms. The summed E-state index contributed by atoms with van der Waals surface area (Å²) in [6, 6.07) is 11.3. The third-order valence-corrected chi connectivity index (χ3v) is 6.57. The Hall–Kier alpha value is -3.11. The van der Waals surface area contributed by atoms with Crippen LogP contribution >= 0.6 is 12.4 Å². The minimum atomic E-state index is -4.55. The Morgan fingerprint density at radius 3 is 2.43 bits per heavy atom. The molecule has 0 amide bonds. The zero-order valence-corrected chi connectivity index (χ0v) is 21.3. The molecule has 2 aromatic carbocycles. The first-order valence-corrected chi connectivity index (χ1v) is 12.1. The van der Waals surface area contributed by atoms with Crippen molar-refractivity contribution in [3.63, 3.8) is 0 Å². The molecule has 2 heterocycles. The van der Waals surface area contributed by atoms with E-state index in [9.17, 15) is 18.3 Å². The molecule has 2 atom stereocenters. The van der Waals surface area contributed by atoms with E-state index in [0.717, 1.165) is 30.9 Å². The van der Waals surface area contributed by atoms with Gasteiger partial charge in [-0.05, 0) is 54.9 Å². The van der Waals surface area contributed by atoms with Crippen LogP contribution in [0.4, 0.5) is 13.2 Å². The number of alkyl halides is 3. The summed E-state index contributed by atoms with van der Waals surface area (Å²) in [4.78, 5) is 5.64. The standard InChI is InChI=1S/C26H30F3N5O2.ClH/c1-2-3-4-16-5-7-17(8-6-16)9-10-18-11-12-19(15-20(18)26(27,28)29)23-32-24(36-33-23)22-21(35)13-14-34(22)25(30)31;/h5-8,11-12,15,21-22,35H,2-4,9-10,13-14H2,1H3,(H3,30,31);1H/t21-,22-;/m0./s1. The minimum absolute atomic E-state index is 0. The van der Waals surface area contributed by atoms with Crippen LogP contribution in [0.15, 0.2) is 47.0 Å². The molecular weight excluding hydrogens is 507 g/mol. The topological polar surface area (TPSA) is 112 Å². The molecule has 4 N–H and O–H groups in total. The molecular formula is C26H31ClF3N5O2. The number of aromatic nitrogens is 2. The number of hydrogen-bond acceptors (Lipinski definition) is 5. The van der Waals surface area contributed by atoms with Crippen LogP contribution in [0.3, 0.4) is 0 Å². The van der Waals surface area contributed by atoms with Gasteiger partial charge in [-0.25, -0.2) is 0 Å². The smallest absolute Gasteiger partial charge is 0.390 e. The van der Waals surface area contributed by atoms with Crippen LogP contribution in [0.25, 0.3) is 11.4 Å². The van der Waals surface area contributed by atoms with Crippen molar-refractivity contribution < 1.29 is 22.8 Å². The summed E-state index contributed by atoms with van der Waals surface area (Å²) in [5.74, 6) is -0.270. The fraction of sp³-hybridized carbons (Fsp3) is 0.423. The third kappa shape index (κ3) is 6.61. The number of guanidine groups is 1. The van der Waals surface area contributed by atoms with Crippen LogP contribution in [0.2, 0.25) is 0 Å². The third-order valence-electron chi connectivity index (χ3n) is 6.57.